The lowest BCUT2D eigenvalue weighted by atomic mass is 9.72. The van der Waals surface area contributed by atoms with Crippen molar-refractivity contribution in [3.63, 3.8) is 0 Å². The summed E-state index contributed by atoms with van der Waals surface area (Å²) in [5, 5.41) is 10.3. The van der Waals surface area contributed by atoms with Crippen LogP contribution >= 0.6 is 23.2 Å². The largest absolute Gasteiger partial charge is 0.495 e. The fourth-order valence-electron chi connectivity index (χ4n) is 5.75. The third-order valence-electron chi connectivity index (χ3n) is 8.64. The number of benzene rings is 2. The zero-order chi connectivity index (χ0) is 37.1. The number of aromatic nitrogens is 2. The number of ether oxygens (including phenoxy) is 4. The van der Waals surface area contributed by atoms with E-state index in [1.165, 1.54) is 31.5 Å². The van der Waals surface area contributed by atoms with E-state index in [9.17, 15) is 18.4 Å². The number of hydrogen-bond donors (Lipinski definition) is 0. The van der Waals surface area contributed by atoms with Crippen molar-refractivity contribution < 1.29 is 32.1 Å². The van der Waals surface area contributed by atoms with E-state index < -0.39 is 23.5 Å². The fraction of sp³-hybridized carbons (Fsp3) is 0.410. The quantitative estimate of drug-likeness (QED) is 0.141. The lowest BCUT2D eigenvalue weighted by Crippen LogP contribution is -2.34. The van der Waals surface area contributed by atoms with Crippen molar-refractivity contribution >= 4 is 23.2 Å². The Balaban J connectivity index is 0.000000272. The molecule has 1 saturated heterocycles. The van der Waals surface area contributed by atoms with Gasteiger partial charge in [-0.25, -0.2) is 13.8 Å². The van der Waals surface area contributed by atoms with Gasteiger partial charge in [-0.05, 0) is 71.2 Å². The average Bonchev–Trinajstić information content (AvgIpc) is 3.11. The van der Waals surface area contributed by atoms with Gasteiger partial charge in [0.1, 0.15) is 17.4 Å². The topological polar surface area (TPSA) is 86.5 Å². The number of nitriles is 1. The SMILES string of the molecule is COc1cc(Cc2cccc(Cl)c2F)cnc1C(C#N)[C@H](COC1CCCCO1)C(C)(C)C.COc1cc(Cc2cccc(Cl)c2F)cnc1F. The second-order valence-corrected chi connectivity index (χ2v) is 14.1. The molecule has 3 heterocycles. The highest BCUT2D eigenvalue weighted by Gasteiger charge is 2.37. The first-order valence-electron chi connectivity index (χ1n) is 16.6. The van der Waals surface area contributed by atoms with Crippen LogP contribution in [0.2, 0.25) is 10.0 Å². The number of rotatable bonds is 11. The van der Waals surface area contributed by atoms with Crippen LogP contribution in [-0.4, -0.2) is 43.7 Å². The van der Waals surface area contributed by atoms with Crippen LogP contribution in [0.4, 0.5) is 13.2 Å². The standard InChI is InChI=1S/C26H32ClFN2O3.C13H10ClF2NO/c1-26(2,3)20(16-33-23-10-5-6-11-32-23)19(14-29)25-22(31-4)13-17(15-30-25)12-18-8-7-9-21(27)24(18)28;1-18-11-6-8(7-17-13(11)16)5-9-3-2-4-10(14)12(9)15/h7-9,13,15,19-20,23H,5-6,10-12,16H2,1-4H3;2-4,6-7H,5H2,1H3/t19?,20-,23?;/m0./s1. The van der Waals surface area contributed by atoms with Crippen LogP contribution < -0.4 is 9.47 Å². The molecular weight excluding hydrogens is 702 g/mol. The van der Waals surface area contributed by atoms with Crippen LogP contribution in [0, 0.1) is 40.2 Å². The first kappa shape index (κ1) is 39.9. The molecule has 272 valence electrons. The second kappa shape index (κ2) is 18.6. The van der Waals surface area contributed by atoms with Gasteiger partial charge >= 0.3 is 0 Å². The minimum atomic E-state index is -0.687. The molecule has 0 saturated carbocycles. The maximum atomic E-state index is 14.4. The van der Waals surface area contributed by atoms with E-state index in [0.717, 1.165) is 24.8 Å². The Kier molecular flexibility index (Phi) is 14.5. The third kappa shape index (κ3) is 10.8. The highest BCUT2D eigenvalue weighted by Crippen LogP contribution is 2.41. The summed E-state index contributed by atoms with van der Waals surface area (Å²) >= 11 is 11.6. The van der Waals surface area contributed by atoms with Gasteiger partial charge in [0, 0.05) is 37.8 Å². The highest BCUT2D eigenvalue weighted by atomic mass is 35.5. The predicted octanol–water partition coefficient (Wildman–Crippen LogP) is 9.90. The molecule has 0 aliphatic carbocycles. The fourth-order valence-corrected chi connectivity index (χ4v) is 6.14. The zero-order valence-corrected chi connectivity index (χ0v) is 30.8. The van der Waals surface area contributed by atoms with E-state index in [1.807, 2.05) is 6.07 Å². The molecule has 1 fully saturated rings. The number of hydrogen-bond acceptors (Lipinski definition) is 7. The number of nitrogens with zero attached hydrogens (tertiary/aromatic N) is 3. The van der Waals surface area contributed by atoms with E-state index in [4.69, 9.17) is 42.1 Å². The van der Waals surface area contributed by atoms with Crippen molar-refractivity contribution in [3.05, 3.63) is 116 Å². The van der Waals surface area contributed by atoms with Crippen LogP contribution in [-0.2, 0) is 22.3 Å². The summed E-state index contributed by atoms with van der Waals surface area (Å²) in [6, 6.07) is 15.4. The molecule has 1 aliphatic heterocycles. The molecule has 2 aromatic heterocycles. The molecule has 51 heavy (non-hydrogen) atoms. The maximum absolute atomic E-state index is 14.4. The average molecular weight is 745 g/mol. The third-order valence-corrected chi connectivity index (χ3v) is 9.23. The van der Waals surface area contributed by atoms with Gasteiger partial charge in [-0.1, -0.05) is 68.2 Å². The van der Waals surface area contributed by atoms with Crippen molar-refractivity contribution in [2.24, 2.45) is 11.3 Å². The van der Waals surface area contributed by atoms with Crippen molar-refractivity contribution in [3.8, 4) is 17.6 Å². The molecule has 3 atom stereocenters. The van der Waals surface area contributed by atoms with Crippen LogP contribution in [0.25, 0.3) is 0 Å². The summed E-state index contributed by atoms with van der Waals surface area (Å²) in [5.74, 6) is -1.73. The maximum Gasteiger partial charge on any atom is 0.255 e. The Labute approximate surface area is 307 Å². The summed E-state index contributed by atoms with van der Waals surface area (Å²) < 4.78 is 63.4. The van der Waals surface area contributed by atoms with E-state index in [-0.39, 0.29) is 39.8 Å². The molecule has 1 aliphatic rings. The van der Waals surface area contributed by atoms with E-state index >= 15 is 0 Å². The monoisotopic (exact) mass is 743 g/mol. The molecule has 2 aromatic carbocycles. The zero-order valence-electron chi connectivity index (χ0n) is 29.3. The lowest BCUT2D eigenvalue weighted by molar-refractivity contribution is -0.174. The van der Waals surface area contributed by atoms with Crippen LogP contribution in [0.1, 0.15) is 73.9 Å². The van der Waals surface area contributed by atoms with Gasteiger partial charge in [-0.3, -0.25) is 4.98 Å². The Morgan fingerprint density at radius 3 is 1.96 bits per heavy atom. The molecule has 0 amide bonds. The lowest BCUT2D eigenvalue weighted by Gasteiger charge is -2.35. The molecule has 5 rings (SSSR count). The minimum Gasteiger partial charge on any atom is -0.495 e. The molecule has 0 radical (unpaired) electrons. The first-order chi connectivity index (χ1) is 24.4. The first-order valence-corrected chi connectivity index (χ1v) is 17.3. The van der Waals surface area contributed by atoms with E-state index in [1.54, 1.807) is 37.6 Å². The Bertz CT molecular complexity index is 1810. The summed E-state index contributed by atoms with van der Waals surface area (Å²) in [6.07, 6.45) is 6.38. The van der Waals surface area contributed by atoms with Crippen molar-refractivity contribution in [1.82, 2.24) is 9.97 Å². The smallest absolute Gasteiger partial charge is 0.255 e. The summed E-state index contributed by atoms with van der Waals surface area (Å²) in [4.78, 5) is 8.16. The molecular formula is C39H42Cl2F3N3O4. The summed E-state index contributed by atoms with van der Waals surface area (Å²) in [7, 11) is 2.90. The van der Waals surface area contributed by atoms with Gasteiger partial charge in [0.2, 0.25) is 0 Å². The van der Waals surface area contributed by atoms with Crippen LogP contribution in [0.3, 0.4) is 0 Å². The van der Waals surface area contributed by atoms with Crippen LogP contribution in [0.15, 0.2) is 60.9 Å². The number of pyridine rings is 2. The molecule has 4 aromatic rings. The van der Waals surface area contributed by atoms with Crippen molar-refractivity contribution in [2.45, 2.75) is 65.1 Å². The van der Waals surface area contributed by atoms with Gasteiger partial charge in [0.15, 0.2) is 12.0 Å². The highest BCUT2D eigenvalue weighted by molar-refractivity contribution is 6.31. The molecule has 0 bridgehead atoms. The normalized spacial score (nSPS) is 15.6. The molecule has 7 nitrogen and oxygen atoms in total. The Morgan fingerprint density at radius 2 is 1.45 bits per heavy atom. The van der Waals surface area contributed by atoms with Gasteiger partial charge < -0.3 is 18.9 Å². The molecule has 0 spiro atoms. The molecule has 12 heteroatoms. The van der Waals surface area contributed by atoms with Gasteiger partial charge in [-0.2, -0.15) is 9.65 Å². The summed E-state index contributed by atoms with van der Waals surface area (Å²) in [5.41, 5.74) is 2.66. The number of methoxy groups -OCH3 is 2. The van der Waals surface area contributed by atoms with Crippen molar-refractivity contribution in [2.75, 3.05) is 27.4 Å². The van der Waals surface area contributed by atoms with E-state index in [0.29, 0.717) is 47.8 Å². The number of halogens is 5. The predicted molar refractivity (Wildman–Crippen MR) is 191 cm³/mol. The molecule has 2 unspecified atom stereocenters. The van der Waals surface area contributed by atoms with E-state index in [2.05, 4.69) is 36.8 Å². The van der Waals surface area contributed by atoms with Crippen molar-refractivity contribution in [1.29, 1.82) is 5.26 Å². The molecule has 0 N–H and O–H groups in total. The van der Waals surface area contributed by atoms with Gasteiger partial charge in [-0.15, -0.1) is 0 Å². The van der Waals surface area contributed by atoms with Gasteiger partial charge in [0.25, 0.3) is 5.95 Å². The summed E-state index contributed by atoms with van der Waals surface area (Å²) in [6.45, 7) is 7.37. The van der Waals surface area contributed by atoms with Gasteiger partial charge in [0.05, 0.1) is 48.6 Å². The Morgan fingerprint density at radius 1 is 0.882 bits per heavy atom. The Hall–Kier alpha value is -3.88. The minimum absolute atomic E-state index is 0.0370. The second-order valence-electron chi connectivity index (χ2n) is 13.3. The van der Waals surface area contributed by atoms with Crippen LogP contribution in [0.5, 0.6) is 11.5 Å².